The van der Waals surface area contributed by atoms with Gasteiger partial charge in [-0.2, -0.15) is 0 Å². The molecule has 1 aliphatic carbocycles. The van der Waals surface area contributed by atoms with E-state index in [-0.39, 0.29) is 18.7 Å². The van der Waals surface area contributed by atoms with Crippen molar-refractivity contribution >= 4 is 11.0 Å². The molecule has 144 valence electrons. The summed E-state index contributed by atoms with van der Waals surface area (Å²) in [6.07, 6.45) is 4.60. The monoisotopic (exact) mass is 358 g/mol. The van der Waals surface area contributed by atoms with Crippen molar-refractivity contribution in [2.45, 2.75) is 85.6 Å². The zero-order chi connectivity index (χ0) is 19.5. The lowest BCUT2D eigenvalue weighted by atomic mass is 10.3. The number of para-hydroxylation sites is 1. The molecule has 5 heteroatoms. The normalized spacial score (nSPS) is 14.8. The Morgan fingerprint density at radius 2 is 1.64 bits per heavy atom. The second-order valence-corrected chi connectivity index (χ2v) is 6.12. The number of imidazole rings is 1. The fourth-order valence-corrected chi connectivity index (χ4v) is 2.33. The van der Waals surface area contributed by atoms with E-state index >= 15 is 0 Å². The molecule has 1 aliphatic rings. The van der Waals surface area contributed by atoms with Crippen molar-refractivity contribution in [1.29, 1.82) is 0 Å². The number of halogens is 3. The van der Waals surface area contributed by atoms with Gasteiger partial charge in [0.05, 0.1) is 11.8 Å². The molecule has 3 rings (SSSR count). The second kappa shape index (κ2) is 11.9. The number of hydrogen-bond acceptors (Lipinski definition) is 1. The van der Waals surface area contributed by atoms with Crippen molar-refractivity contribution in [3.05, 3.63) is 30.3 Å². The lowest BCUT2D eigenvalue weighted by Gasteiger charge is -2.06. The second-order valence-electron chi connectivity index (χ2n) is 6.12. The molecule has 25 heavy (non-hydrogen) atoms. The molecular weight excluding hydrogens is 325 g/mol. The number of rotatable bonds is 1. The first-order valence-electron chi connectivity index (χ1n) is 9.31. The molecule has 0 N–H and O–H groups in total. The molecule has 1 heterocycles. The molecule has 1 saturated carbocycles. The Hall–Kier alpha value is -1.52. The molecule has 0 radical (unpaired) electrons. The van der Waals surface area contributed by atoms with Gasteiger partial charge in [0.25, 0.3) is 0 Å². The molecule has 0 atom stereocenters. The largest absolute Gasteiger partial charge is 0.328 e. The highest BCUT2D eigenvalue weighted by Crippen LogP contribution is 2.33. The molecule has 0 spiro atoms. The molecule has 0 bridgehead atoms. The predicted octanol–water partition coefficient (Wildman–Crippen LogP) is 7.39. The first-order valence-corrected chi connectivity index (χ1v) is 9.31. The first kappa shape index (κ1) is 23.5. The molecular formula is C20H33F3N2. The zero-order valence-corrected chi connectivity index (χ0v) is 16.5. The van der Waals surface area contributed by atoms with Gasteiger partial charge in [0.15, 0.2) is 5.82 Å². The van der Waals surface area contributed by atoms with Gasteiger partial charge in [-0.3, -0.25) is 0 Å². The van der Waals surface area contributed by atoms with Crippen LogP contribution in [0.25, 0.3) is 11.0 Å². The Morgan fingerprint density at radius 3 is 2.04 bits per heavy atom. The average molecular weight is 358 g/mol. The molecule has 0 saturated heterocycles. The third-order valence-corrected chi connectivity index (χ3v) is 3.45. The van der Waals surface area contributed by atoms with Crippen LogP contribution in [0.2, 0.25) is 0 Å². The number of fused-ring (bicyclic) bond motifs is 1. The Balaban J connectivity index is 0.000000406. The van der Waals surface area contributed by atoms with E-state index in [4.69, 9.17) is 0 Å². The third-order valence-electron chi connectivity index (χ3n) is 3.45. The third kappa shape index (κ3) is 7.93. The van der Waals surface area contributed by atoms with Crippen molar-refractivity contribution in [3.63, 3.8) is 0 Å². The number of hydrogen-bond donors (Lipinski definition) is 0. The van der Waals surface area contributed by atoms with Crippen LogP contribution < -0.4 is 0 Å². The van der Waals surface area contributed by atoms with Crippen molar-refractivity contribution in [2.75, 3.05) is 0 Å². The quantitative estimate of drug-likeness (QED) is 0.519. The van der Waals surface area contributed by atoms with Gasteiger partial charge < -0.3 is 4.57 Å². The van der Waals surface area contributed by atoms with Crippen LogP contribution in [-0.2, 0) is 0 Å². The van der Waals surface area contributed by atoms with Crippen LogP contribution in [0, 0.1) is 5.82 Å². The summed E-state index contributed by atoms with van der Waals surface area (Å²) in [5.74, 6) is -2.56. The number of benzene rings is 1. The average Bonchev–Trinajstić information content (AvgIpc) is 3.17. The molecule has 2 aromatic rings. The van der Waals surface area contributed by atoms with E-state index in [9.17, 15) is 13.2 Å². The van der Waals surface area contributed by atoms with Crippen LogP contribution >= 0.6 is 0 Å². The van der Waals surface area contributed by atoms with E-state index < -0.39 is 5.92 Å². The number of aromatic nitrogens is 2. The van der Waals surface area contributed by atoms with E-state index in [0.717, 1.165) is 5.52 Å². The van der Waals surface area contributed by atoms with Crippen LogP contribution in [0.15, 0.2) is 24.5 Å². The van der Waals surface area contributed by atoms with Gasteiger partial charge in [0.2, 0.25) is 5.92 Å². The van der Waals surface area contributed by atoms with Gasteiger partial charge in [-0.15, -0.1) is 0 Å². The van der Waals surface area contributed by atoms with Gasteiger partial charge >= 0.3 is 0 Å². The minimum atomic E-state index is -2.31. The lowest BCUT2D eigenvalue weighted by molar-refractivity contribution is 0.00931. The molecule has 0 aliphatic heterocycles. The van der Waals surface area contributed by atoms with Crippen molar-refractivity contribution < 1.29 is 13.2 Å². The van der Waals surface area contributed by atoms with Crippen LogP contribution in [0.3, 0.4) is 0 Å². The summed E-state index contributed by atoms with van der Waals surface area (Å²) >= 11 is 0. The Morgan fingerprint density at radius 1 is 1.12 bits per heavy atom. The summed E-state index contributed by atoms with van der Waals surface area (Å²) in [5.41, 5.74) is 1.31. The van der Waals surface area contributed by atoms with E-state index in [1.54, 1.807) is 12.4 Å². The lowest BCUT2D eigenvalue weighted by Crippen LogP contribution is -2.06. The topological polar surface area (TPSA) is 17.8 Å². The Kier molecular flexibility index (Phi) is 11.2. The zero-order valence-electron chi connectivity index (χ0n) is 16.5. The van der Waals surface area contributed by atoms with Gasteiger partial charge in [-0.25, -0.2) is 18.2 Å². The maximum absolute atomic E-state index is 13.2. The van der Waals surface area contributed by atoms with Crippen molar-refractivity contribution in [2.24, 2.45) is 0 Å². The van der Waals surface area contributed by atoms with E-state index in [1.807, 2.05) is 38.3 Å². The van der Waals surface area contributed by atoms with Crippen LogP contribution in [0.4, 0.5) is 13.2 Å². The Bertz CT molecular complexity index is 584. The first-order chi connectivity index (χ1) is 11.8. The van der Waals surface area contributed by atoms with Crippen LogP contribution in [0.1, 0.15) is 79.7 Å². The molecule has 1 aromatic heterocycles. The standard InChI is InChI=1S/C10H11FN2.C5H8F2.C3H8.C2H6/c1-7(2)13-6-12-10-8(11)4-3-5-9(10)13;6-5(7)3-1-2-4-5;1-3-2;1-2/h3-7H,1-2H3;1-4H2;3H2,1-2H3;1-2H3. The molecule has 0 unspecified atom stereocenters. The maximum atomic E-state index is 13.2. The maximum Gasteiger partial charge on any atom is 0.248 e. The molecule has 1 aromatic carbocycles. The van der Waals surface area contributed by atoms with Crippen molar-refractivity contribution in [3.8, 4) is 0 Å². The van der Waals surface area contributed by atoms with Gasteiger partial charge in [0, 0.05) is 18.9 Å². The number of nitrogens with zero attached hydrogens (tertiary/aromatic N) is 2. The van der Waals surface area contributed by atoms with Gasteiger partial charge in [0.1, 0.15) is 5.52 Å². The minimum absolute atomic E-state index is 0.118. The highest BCUT2D eigenvalue weighted by Gasteiger charge is 2.32. The Labute approximate surface area is 150 Å². The highest BCUT2D eigenvalue weighted by atomic mass is 19.3. The smallest absolute Gasteiger partial charge is 0.248 e. The summed E-state index contributed by atoms with van der Waals surface area (Å²) in [5, 5.41) is 0. The van der Waals surface area contributed by atoms with E-state index in [0.29, 0.717) is 24.4 Å². The van der Waals surface area contributed by atoms with E-state index in [1.165, 1.54) is 12.5 Å². The highest BCUT2D eigenvalue weighted by molar-refractivity contribution is 5.75. The molecule has 1 fully saturated rings. The fourth-order valence-electron chi connectivity index (χ4n) is 2.33. The van der Waals surface area contributed by atoms with Gasteiger partial charge in [-0.05, 0) is 38.8 Å². The van der Waals surface area contributed by atoms with Gasteiger partial charge in [-0.1, -0.05) is 40.2 Å². The minimum Gasteiger partial charge on any atom is -0.328 e. The predicted molar refractivity (Wildman–Crippen MR) is 101 cm³/mol. The SMILES string of the molecule is CC.CC(C)n1cnc2c(F)cccc21.CCC.FC1(F)CCCC1. The molecule has 2 nitrogen and oxygen atoms in total. The molecule has 0 amide bonds. The summed E-state index contributed by atoms with van der Waals surface area (Å²) in [4.78, 5) is 4.03. The van der Waals surface area contributed by atoms with Crippen LogP contribution in [-0.4, -0.2) is 15.5 Å². The summed E-state index contributed by atoms with van der Waals surface area (Å²) in [6.45, 7) is 12.3. The van der Waals surface area contributed by atoms with Crippen LogP contribution in [0.5, 0.6) is 0 Å². The summed E-state index contributed by atoms with van der Waals surface area (Å²) in [7, 11) is 0. The van der Waals surface area contributed by atoms with Crippen molar-refractivity contribution in [1.82, 2.24) is 9.55 Å². The summed E-state index contributed by atoms with van der Waals surface area (Å²) < 4.78 is 39.0. The number of alkyl halides is 2. The fraction of sp³-hybridized carbons (Fsp3) is 0.650. The van der Waals surface area contributed by atoms with E-state index in [2.05, 4.69) is 18.8 Å². The summed E-state index contributed by atoms with van der Waals surface area (Å²) in [6, 6.07) is 5.33.